The van der Waals surface area contributed by atoms with E-state index in [-0.39, 0.29) is 35.7 Å². The number of para-hydroxylation sites is 1. The highest BCUT2D eigenvalue weighted by Gasteiger charge is 2.60. The number of hydrogen-bond acceptors (Lipinski definition) is 4. The lowest BCUT2D eigenvalue weighted by molar-refractivity contribution is 0.269. The van der Waals surface area contributed by atoms with E-state index in [1.54, 1.807) is 0 Å². The number of ether oxygens (including phenoxy) is 2. The molecule has 0 fully saturated rings. The number of nitrogens with zero attached hydrogens (tertiary/aromatic N) is 2. The molecular formula is C57H49BN2O2P+. The van der Waals surface area contributed by atoms with Gasteiger partial charge < -0.3 is 19.3 Å². The second-order valence-corrected chi connectivity index (χ2v) is 22.5. The first kappa shape index (κ1) is 37.3. The van der Waals surface area contributed by atoms with Crippen molar-refractivity contribution in [1.29, 1.82) is 0 Å². The molecular weight excluding hydrogens is 786 g/mol. The zero-order valence-corrected chi connectivity index (χ0v) is 37.8. The van der Waals surface area contributed by atoms with Gasteiger partial charge in [-0.15, -0.1) is 0 Å². The first-order valence-corrected chi connectivity index (χ1v) is 23.9. The van der Waals surface area contributed by atoms with E-state index in [1.165, 1.54) is 99.8 Å². The molecule has 6 aromatic carbocycles. The molecule has 0 spiro atoms. The Morgan fingerprint density at radius 2 is 1.27 bits per heavy atom. The quantitative estimate of drug-likeness (QED) is 0.131. The van der Waals surface area contributed by atoms with Crippen molar-refractivity contribution in [3.05, 3.63) is 191 Å². The molecule has 6 aromatic rings. The summed E-state index contributed by atoms with van der Waals surface area (Å²) in [4.78, 5) is 5.23. The first-order valence-electron chi connectivity index (χ1n) is 22.6. The summed E-state index contributed by atoms with van der Waals surface area (Å²) in [5, 5.41) is 4.10. The van der Waals surface area contributed by atoms with Gasteiger partial charge in [-0.2, -0.15) is 0 Å². The molecule has 5 heterocycles. The van der Waals surface area contributed by atoms with Crippen LogP contribution in [0.2, 0.25) is 0 Å². The van der Waals surface area contributed by atoms with E-state index >= 15 is 0 Å². The van der Waals surface area contributed by atoms with Crippen LogP contribution in [0, 0.1) is 6.92 Å². The first-order chi connectivity index (χ1) is 30.4. The largest absolute Gasteiger partial charge is 0.485 e. The minimum absolute atomic E-state index is 0.0131. The highest BCUT2D eigenvalue weighted by Crippen LogP contribution is 2.57. The van der Waals surface area contributed by atoms with Crippen LogP contribution < -0.4 is 40.8 Å². The smallest absolute Gasteiger partial charge is 0.263 e. The second-order valence-electron chi connectivity index (χ2n) is 20.3. The predicted molar refractivity (Wildman–Crippen MR) is 266 cm³/mol. The van der Waals surface area contributed by atoms with Crippen molar-refractivity contribution < 1.29 is 9.47 Å². The van der Waals surface area contributed by atoms with Gasteiger partial charge in [-0.1, -0.05) is 120 Å². The maximum atomic E-state index is 7.26. The summed E-state index contributed by atoms with van der Waals surface area (Å²) < 4.78 is 14.4. The van der Waals surface area contributed by atoms with E-state index in [1.807, 2.05) is 0 Å². The maximum Gasteiger partial charge on any atom is 0.263 e. The van der Waals surface area contributed by atoms with E-state index in [9.17, 15) is 0 Å². The van der Waals surface area contributed by atoms with Crippen molar-refractivity contribution in [2.24, 2.45) is 0 Å². The fourth-order valence-electron chi connectivity index (χ4n) is 11.5. The van der Waals surface area contributed by atoms with E-state index < -0.39 is 7.55 Å². The molecule has 4 nitrogen and oxygen atoms in total. The van der Waals surface area contributed by atoms with E-state index in [0.717, 1.165) is 11.5 Å². The number of benzene rings is 6. The summed E-state index contributed by atoms with van der Waals surface area (Å²) in [6.45, 7) is 16.1. The molecule has 63 heavy (non-hydrogen) atoms. The van der Waals surface area contributed by atoms with Crippen molar-refractivity contribution in [1.82, 2.24) is 0 Å². The zero-order chi connectivity index (χ0) is 42.7. The normalized spacial score (nSPS) is 21.0. The molecule has 2 aliphatic carbocycles. The molecule has 0 aromatic heterocycles. The number of allylic oxidation sites excluding steroid dienone is 3. The number of fused-ring (bicyclic) bond motifs is 8. The average molecular weight is 836 g/mol. The number of aryl methyl sites for hydroxylation is 1. The van der Waals surface area contributed by atoms with Gasteiger partial charge >= 0.3 is 0 Å². The van der Waals surface area contributed by atoms with Crippen LogP contribution in [0.25, 0.3) is 5.57 Å². The van der Waals surface area contributed by atoms with E-state index in [0.29, 0.717) is 0 Å². The Kier molecular flexibility index (Phi) is 7.63. The van der Waals surface area contributed by atoms with Gasteiger partial charge in [-0.3, -0.25) is 0 Å². The van der Waals surface area contributed by atoms with Gasteiger partial charge in [0.05, 0.1) is 5.69 Å². The SMILES string of the molecule is Cc1cc2c3c(c1)N(c1ccc(C(C)(C)C)cc1)c1c4c(cc5c1C1C=CC=C[C@H]1O5)[P+](c1ccccc1)=C1C(=C(C=C5c6ccccc6OC51)N2c1ccc(C(C)(C)C)cc1)B34. The third-order valence-corrected chi connectivity index (χ3v) is 17.0. The lowest BCUT2D eigenvalue weighted by Gasteiger charge is -2.47. The van der Waals surface area contributed by atoms with Gasteiger partial charge in [0.25, 0.3) is 6.71 Å². The molecule has 0 saturated carbocycles. The zero-order valence-electron chi connectivity index (χ0n) is 36.9. The Hall–Kier alpha value is -6.29. The third-order valence-electron chi connectivity index (χ3n) is 14.4. The van der Waals surface area contributed by atoms with Crippen LogP contribution in [0.1, 0.15) is 75.3 Å². The molecule has 5 aliphatic heterocycles. The Bertz CT molecular complexity index is 3160. The molecule has 0 N–H and O–H groups in total. The van der Waals surface area contributed by atoms with Crippen molar-refractivity contribution >= 4 is 75.1 Å². The van der Waals surface area contributed by atoms with Crippen LogP contribution in [0.3, 0.4) is 0 Å². The Balaban J connectivity index is 1.20. The van der Waals surface area contributed by atoms with Gasteiger partial charge in [0.15, 0.2) is 29.6 Å². The molecule has 7 aliphatic rings. The highest BCUT2D eigenvalue weighted by atomic mass is 31.1. The minimum atomic E-state index is -1.10. The van der Waals surface area contributed by atoms with Crippen LogP contribution in [0.15, 0.2) is 163 Å². The molecule has 4 atom stereocenters. The monoisotopic (exact) mass is 835 g/mol. The predicted octanol–water partition coefficient (Wildman–Crippen LogP) is 11.4. The Morgan fingerprint density at radius 1 is 0.635 bits per heavy atom. The van der Waals surface area contributed by atoms with Crippen LogP contribution in [0.4, 0.5) is 28.4 Å². The molecule has 6 heteroatoms. The average Bonchev–Trinajstić information content (AvgIpc) is 3.84. The summed E-state index contributed by atoms with van der Waals surface area (Å²) in [6, 6.07) is 46.1. The van der Waals surface area contributed by atoms with Gasteiger partial charge in [-0.05, 0) is 107 Å². The molecule has 306 valence electrons. The van der Waals surface area contributed by atoms with E-state index in [4.69, 9.17) is 9.47 Å². The van der Waals surface area contributed by atoms with Crippen LogP contribution in [-0.4, -0.2) is 24.2 Å². The van der Waals surface area contributed by atoms with Crippen molar-refractivity contribution in [2.45, 2.75) is 77.4 Å². The van der Waals surface area contributed by atoms with Crippen molar-refractivity contribution in [3.63, 3.8) is 0 Å². The van der Waals surface area contributed by atoms with Crippen molar-refractivity contribution in [2.75, 3.05) is 9.80 Å². The summed E-state index contributed by atoms with van der Waals surface area (Å²) in [5.41, 5.74) is 19.2. The summed E-state index contributed by atoms with van der Waals surface area (Å²) in [6.07, 6.45) is 11.2. The summed E-state index contributed by atoms with van der Waals surface area (Å²) in [7, 11) is -1.10. The fourth-order valence-corrected chi connectivity index (χ4v) is 14.4. The molecule has 3 unspecified atom stereocenters. The standard InChI is InChI=1S/C57H49BN2O2P/c1-33-29-42-50-43(30-33)60(37-27-23-35(24-28-37)57(5,6)7)53-49-40-18-12-14-20-46(40)61-47(49)32-48-52(53)58(50)51-44(59(42)36-25-21-34(22-26-36)56(2,3)4)31-41-39-17-11-13-19-45(39)62-54(41)55(51)63(48)38-15-9-8-10-16-38/h8-32,40,46,54H,1-7H3/q+1/t40?,46-,54?/m1/s1. The van der Waals surface area contributed by atoms with Gasteiger partial charge in [-0.25, -0.2) is 0 Å². The van der Waals surface area contributed by atoms with Gasteiger partial charge in [0, 0.05) is 68.1 Å². The number of hydrogen-bond donors (Lipinski definition) is 0. The summed E-state index contributed by atoms with van der Waals surface area (Å²) >= 11 is 0. The number of anilines is 5. The lowest BCUT2D eigenvalue weighted by Crippen LogP contribution is -2.64. The maximum absolute atomic E-state index is 7.26. The lowest BCUT2D eigenvalue weighted by atomic mass is 9.31. The Morgan fingerprint density at radius 3 is 1.97 bits per heavy atom. The van der Waals surface area contributed by atoms with Crippen LogP contribution in [0.5, 0.6) is 11.5 Å². The molecule has 0 amide bonds. The molecule has 13 rings (SSSR count). The molecule has 0 radical (unpaired) electrons. The second kappa shape index (κ2) is 12.9. The molecule has 0 bridgehead atoms. The summed E-state index contributed by atoms with van der Waals surface area (Å²) in [5.74, 6) is 2.05. The van der Waals surface area contributed by atoms with E-state index in [2.05, 4.69) is 210 Å². The van der Waals surface area contributed by atoms with Crippen molar-refractivity contribution in [3.8, 4) is 11.5 Å². The van der Waals surface area contributed by atoms with Crippen LogP contribution >= 0.6 is 7.55 Å². The van der Waals surface area contributed by atoms with Gasteiger partial charge in [0.2, 0.25) is 0 Å². The minimum Gasteiger partial charge on any atom is -0.485 e. The number of rotatable bonds is 3. The molecule has 0 saturated heterocycles. The fraction of sp³-hybridized carbons (Fsp3) is 0.211. The van der Waals surface area contributed by atoms with Gasteiger partial charge in [0.1, 0.15) is 17.6 Å². The topological polar surface area (TPSA) is 24.9 Å². The highest BCUT2D eigenvalue weighted by molar-refractivity contribution is 7.75. The third kappa shape index (κ3) is 5.21. The Labute approximate surface area is 372 Å². The van der Waals surface area contributed by atoms with Crippen LogP contribution in [-0.2, 0) is 10.8 Å².